The van der Waals surface area contributed by atoms with Gasteiger partial charge in [0, 0.05) is 16.5 Å². The predicted octanol–water partition coefficient (Wildman–Crippen LogP) is 3.25. The van der Waals surface area contributed by atoms with Crippen LogP contribution in [0.15, 0.2) is 29.6 Å². The van der Waals surface area contributed by atoms with Crippen molar-refractivity contribution in [2.75, 3.05) is 7.11 Å². The van der Waals surface area contributed by atoms with Crippen LogP contribution in [0.25, 0.3) is 10.9 Å². The summed E-state index contributed by atoms with van der Waals surface area (Å²) in [6, 6.07) is 7.48. The van der Waals surface area contributed by atoms with E-state index in [0.717, 1.165) is 27.4 Å². The van der Waals surface area contributed by atoms with Crippen molar-refractivity contribution in [1.29, 1.82) is 0 Å². The summed E-state index contributed by atoms with van der Waals surface area (Å²) in [6.07, 6.45) is 0. The molecule has 0 aliphatic carbocycles. The molecule has 0 unspecified atom stereocenters. The van der Waals surface area contributed by atoms with Crippen LogP contribution in [0.1, 0.15) is 26.8 Å². The molecule has 0 radical (unpaired) electrons. The molecule has 0 saturated carbocycles. The van der Waals surface area contributed by atoms with Gasteiger partial charge in [-0.05, 0) is 38.1 Å². The average molecular weight is 327 g/mol. The topological polar surface area (TPSA) is 64.1 Å². The number of ether oxygens (including phenoxy) is 1. The first-order valence-electron chi connectivity index (χ1n) is 7.21. The third kappa shape index (κ3) is 3.32. The molecule has 1 N–H and O–H groups in total. The number of pyridine rings is 1. The van der Waals surface area contributed by atoms with Crippen LogP contribution in [0.5, 0.6) is 5.75 Å². The van der Waals surface area contributed by atoms with E-state index in [1.54, 1.807) is 18.4 Å². The smallest absolute Gasteiger partial charge is 0.253 e. The summed E-state index contributed by atoms with van der Waals surface area (Å²) in [5, 5.41) is 6.64. The highest BCUT2D eigenvalue weighted by molar-refractivity contribution is 7.09. The number of methoxy groups -OCH3 is 1. The molecule has 5 nitrogen and oxygen atoms in total. The number of amides is 1. The number of carbonyl (C=O) groups is 1. The van der Waals surface area contributed by atoms with Crippen LogP contribution in [0.2, 0.25) is 0 Å². The zero-order valence-electron chi connectivity index (χ0n) is 13.2. The van der Waals surface area contributed by atoms with E-state index >= 15 is 0 Å². The fourth-order valence-corrected chi connectivity index (χ4v) is 3.05. The van der Waals surface area contributed by atoms with Crippen molar-refractivity contribution in [2.24, 2.45) is 0 Å². The first-order valence-corrected chi connectivity index (χ1v) is 8.09. The van der Waals surface area contributed by atoms with Gasteiger partial charge in [0.25, 0.3) is 5.91 Å². The minimum atomic E-state index is -0.146. The molecule has 23 heavy (non-hydrogen) atoms. The largest absolute Gasteiger partial charge is 0.497 e. The monoisotopic (exact) mass is 327 g/mol. The van der Waals surface area contributed by atoms with Gasteiger partial charge >= 0.3 is 0 Å². The molecule has 2 aromatic heterocycles. The van der Waals surface area contributed by atoms with Crippen LogP contribution in [0.4, 0.5) is 0 Å². The minimum Gasteiger partial charge on any atom is -0.497 e. The Kier molecular flexibility index (Phi) is 4.25. The molecule has 3 rings (SSSR count). The highest BCUT2D eigenvalue weighted by Gasteiger charge is 2.12. The van der Waals surface area contributed by atoms with Gasteiger partial charge in [-0.2, -0.15) is 0 Å². The normalized spacial score (nSPS) is 10.7. The lowest BCUT2D eigenvalue weighted by molar-refractivity contribution is 0.0950. The van der Waals surface area contributed by atoms with E-state index in [1.165, 1.54) is 0 Å². The summed E-state index contributed by atoms with van der Waals surface area (Å²) in [4.78, 5) is 21.3. The molecule has 0 aliphatic heterocycles. The molecule has 0 spiro atoms. The van der Waals surface area contributed by atoms with E-state index in [4.69, 9.17) is 4.74 Å². The molecule has 0 aliphatic rings. The summed E-state index contributed by atoms with van der Waals surface area (Å²) in [7, 11) is 1.62. The highest BCUT2D eigenvalue weighted by atomic mass is 32.1. The molecule has 0 saturated heterocycles. The fraction of sp³-hybridized carbons (Fsp3) is 0.235. The van der Waals surface area contributed by atoms with Crippen molar-refractivity contribution in [1.82, 2.24) is 15.3 Å². The predicted molar refractivity (Wildman–Crippen MR) is 91.1 cm³/mol. The second-order valence-electron chi connectivity index (χ2n) is 5.25. The molecule has 3 aromatic rings. The van der Waals surface area contributed by atoms with Crippen molar-refractivity contribution in [3.8, 4) is 5.75 Å². The Morgan fingerprint density at radius 3 is 2.78 bits per heavy atom. The van der Waals surface area contributed by atoms with Gasteiger partial charge in [0.1, 0.15) is 10.8 Å². The van der Waals surface area contributed by atoms with Crippen LogP contribution < -0.4 is 10.1 Å². The number of thiazole rings is 1. The Hall–Kier alpha value is -2.47. The standard InChI is InChI=1S/C17H17N3O2S/c1-10-9-23-16(19-10)8-18-17(21)14-7-12-6-13(22-3)4-5-15(12)20-11(14)2/h4-7,9H,8H2,1-3H3,(H,18,21). The van der Waals surface area contributed by atoms with E-state index in [9.17, 15) is 4.79 Å². The molecule has 0 atom stereocenters. The molecule has 2 heterocycles. The lowest BCUT2D eigenvalue weighted by Crippen LogP contribution is -2.24. The van der Waals surface area contributed by atoms with Gasteiger partial charge in [-0.3, -0.25) is 9.78 Å². The zero-order valence-corrected chi connectivity index (χ0v) is 14.0. The van der Waals surface area contributed by atoms with Gasteiger partial charge in [0.2, 0.25) is 0 Å². The molecule has 6 heteroatoms. The van der Waals surface area contributed by atoms with Crippen molar-refractivity contribution >= 4 is 28.1 Å². The number of nitrogens with zero attached hydrogens (tertiary/aromatic N) is 2. The number of nitrogens with one attached hydrogen (secondary N) is 1. The van der Waals surface area contributed by atoms with Gasteiger partial charge < -0.3 is 10.1 Å². The second kappa shape index (κ2) is 6.34. The Balaban J connectivity index is 1.85. The van der Waals surface area contributed by atoms with Gasteiger partial charge in [-0.25, -0.2) is 4.98 Å². The van der Waals surface area contributed by atoms with Crippen molar-refractivity contribution < 1.29 is 9.53 Å². The van der Waals surface area contributed by atoms with Gasteiger partial charge in [-0.15, -0.1) is 11.3 Å². The van der Waals surface area contributed by atoms with Crippen molar-refractivity contribution in [3.05, 3.63) is 51.6 Å². The first-order chi connectivity index (χ1) is 11.1. The second-order valence-corrected chi connectivity index (χ2v) is 6.19. The van der Waals surface area contributed by atoms with E-state index in [-0.39, 0.29) is 5.91 Å². The summed E-state index contributed by atoms with van der Waals surface area (Å²) < 4.78 is 5.23. The van der Waals surface area contributed by atoms with Crippen LogP contribution in [0.3, 0.4) is 0 Å². The SMILES string of the molecule is COc1ccc2nc(C)c(C(=O)NCc3nc(C)cs3)cc2c1. The maximum atomic E-state index is 12.4. The first kappa shape index (κ1) is 15.4. The number of rotatable bonds is 4. The lowest BCUT2D eigenvalue weighted by atomic mass is 10.1. The molecule has 118 valence electrons. The van der Waals surface area contributed by atoms with Crippen molar-refractivity contribution in [2.45, 2.75) is 20.4 Å². The maximum absolute atomic E-state index is 12.4. The summed E-state index contributed by atoms with van der Waals surface area (Å²) in [6.45, 7) is 4.20. The Labute approximate surface area is 138 Å². The van der Waals surface area contributed by atoms with Gasteiger partial charge in [0.05, 0.1) is 30.4 Å². The number of carbonyl (C=O) groups excluding carboxylic acids is 1. The summed E-state index contributed by atoms with van der Waals surface area (Å²) >= 11 is 1.54. The average Bonchev–Trinajstić information content (AvgIpc) is 2.97. The number of aromatic nitrogens is 2. The van der Waals surface area contributed by atoms with Crippen molar-refractivity contribution in [3.63, 3.8) is 0 Å². The number of benzene rings is 1. The maximum Gasteiger partial charge on any atom is 0.253 e. The van der Waals surface area contributed by atoms with Crippen LogP contribution in [-0.2, 0) is 6.54 Å². The number of aryl methyl sites for hydroxylation is 2. The molecular weight excluding hydrogens is 310 g/mol. The zero-order chi connectivity index (χ0) is 16.4. The molecule has 0 bridgehead atoms. The number of hydrogen-bond donors (Lipinski definition) is 1. The Morgan fingerprint density at radius 1 is 1.26 bits per heavy atom. The van der Waals surface area contributed by atoms with E-state index in [2.05, 4.69) is 15.3 Å². The van der Waals surface area contributed by atoms with Crippen LogP contribution in [0, 0.1) is 13.8 Å². The summed E-state index contributed by atoms with van der Waals surface area (Å²) in [5.74, 6) is 0.598. The highest BCUT2D eigenvalue weighted by Crippen LogP contribution is 2.22. The fourth-order valence-electron chi connectivity index (χ4n) is 2.34. The lowest BCUT2D eigenvalue weighted by Gasteiger charge is -2.09. The molecule has 1 amide bonds. The van der Waals surface area contributed by atoms with E-state index < -0.39 is 0 Å². The van der Waals surface area contributed by atoms with Gasteiger partial charge in [-0.1, -0.05) is 0 Å². The van der Waals surface area contributed by atoms with E-state index in [0.29, 0.717) is 17.8 Å². The quantitative estimate of drug-likeness (QED) is 0.799. The third-order valence-corrected chi connectivity index (χ3v) is 4.49. The molecule has 0 fully saturated rings. The third-order valence-electron chi connectivity index (χ3n) is 3.52. The van der Waals surface area contributed by atoms with Crippen LogP contribution in [-0.4, -0.2) is 23.0 Å². The molecular formula is C17H17N3O2S. The molecule has 1 aromatic carbocycles. The van der Waals surface area contributed by atoms with E-state index in [1.807, 2.05) is 43.5 Å². The van der Waals surface area contributed by atoms with Crippen LogP contribution >= 0.6 is 11.3 Å². The number of hydrogen-bond acceptors (Lipinski definition) is 5. The minimum absolute atomic E-state index is 0.146. The van der Waals surface area contributed by atoms with Gasteiger partial charge in [0.15, 0.2) is 0 Å². The summed E-state index contributed by atoms with van der Waals surface area (Å²) in [5.41, 5.74) is 3.08. The number of fused-ring (bicyclic) bond motifs is 1. The Morgan fingerprint density at radius 2 is 2.09 bits per heavy atom. The Bertz CT molecular complexity index is 873.